The van der Waals surface area contributed by atoms with Gasteiger partial charge in [0.25, 0.3) is 5.91 Å². The van der Waals surface area contributed by atoms with Crippen LogP contribution in [0.2, 0.25) is 0 Å². The average molecular weight is 336 g/mol. The number of carbonyl (C=O) groups is 1. The second kappa shape index (κ2) is 7.24. The Kier molecular flexibility index (Phi) is 5.35. The van der Waals surface area contributed by atoms with Crippen molar-refractivity contribution >= 4 is 21.8 Å². The van der Waals surface area contributed by atoms with Gasteiger partial charge in [-0.1, -0.05) is 11.6 Å². The van der Waals surface area contributed by atoms with Crippen LogP contribution in [-0.4, -0.2) is 22.0 Å². The standard InChI is InChI=1S/C15H18BrN3O/c1-12-4-5-14(16)13(10-12)15(20)18-6-2-3-8-19-9-7-17-11-19/h4-5,7,9-11H,2-3,6,8H2,1H3,(H,18,20). The van der Waals surface area contributed by atoms with E-state index in [4.69, 9.17) is 0 Å². The Balaban J connectivity index is 1.73. The number of unbranched alkanes of at least 4 members (excludes halogenated alkanes) is 1. The molecule has 0 atom stereocenters. The van der Waals surface area contributed by atoms with Crippen LogP contribution in [0.1, 0.15) is 28.8 Å². The number of halogens is 1. The summed E-state index contributed by atoms with van der Waals surface area (Å²) in [5, 5.41) is 2.95. The third kappa shape index (κ3) is 4.20. The van der Waals surface area contributed by atoms with Gasteiger partial charge in [0, 0.05) is 30.0 Å². The lowest BCUT2D eigenvalue weighted by Crippen LogP contribution is -2.25. The van der Waals surface area contributed by atoms with Crippen LogP contribution in [0.25, 0.3) is 0 Å². The van der Waals surface area contributed by atoms with Gasteiger partial charge in [0.05, 0.1) is 11.9 Å². The van der Waals surface area contributed by atoms with Crippen molar-refractivity contribution in [2.24, 2.45) is 0 Å². The molecule has 5 heteroatoms. The molecular formula is C15H18BrN3O. The van der Waals surface area contributed by atoms with Crippen molar-refractivity contribution in [3.63, 3.8) is 0 Å². The Morgan fingerprint density at radius 3 is 3.00 bits per heavy atom. The zero-order valence-corrected chi connectivity index (χ0v) is 13.1. The maximum absolute atomic E-state index is 12.1. The molecule has 0 aliphatic heterocycles. The maximum Gasteiger partial charge on any atom is 0.252 e. The lowest BCUT2D eigenvalue weighted by molar-refractivity contribution is 0.0952. The maximum atomic E-state index is 12.1. The minimum Gasteiger partial charge on any atom is -0.352 e. The largest absolute Gasteiger partial charge is 0.352 e. The molecular weight excluding hydrogens is 318 g/mol. The van der Waals surface area contributed by atoms with Crippen LogP contribution in [0.4, 0.5) is 0 Å². The van der Waals surface area contributed by atoms with Crippen molar-refractivity contribution in [1.29, 1.82) is 0 Å². The number of hydrogen-bond acceptors (Lipinski definition) is 2. The fourth-order valence-corrected chi connectivity index (χ4v) is 2.38. The Bertz CT molecular complexity index is 567. The molecule has 1 aromatic carbocycles. The molecule has 0 spiro atoms. The summed E-state index contributed by atoms with van der Waals surface area (Å²) in [6.45, 7) is 3.60. The van der Waals surface area contributed by atoms with Gasteiger partial charge in [0.2, 0.25) is 0 Å². The van der Waals surface area contributed by atoms with Gasteiger partial charge >= 0.3 is 0 Å². The van der Waals surface area contributed by atoms with Gasteiger partial charge in [0.15, 0.2) is 0 Å². The van der Waals surface area contributed by atoms with Crippen LogP contribution >= 0.6 is 15.9 Å². The molecule has 2 aromatic rings. The van der Waals surface area contributed by atoms with Gasteiger partial charge < -0.3 is 9.88 Å². The highest BCUT2D eigenvalue weighted by molar-refractivity contribution is 9.10. The summed E-state index contributed by atoms with van der Waals surface area (Å²) < 4.78 is 2.87. The van der Waals surface area contributed by atoms with Crippen LogP contribution in [-0.2, 0) is 6.54 Å². The molecule has 20 heavy (non-hydrogen) atoms. The summed E-state index contributed by atoms with van der Waals surface area (Å²) in [5.41, 5.74) is 1.78. The number of aryl methyl sites for hydroxylation is 2. The van der Waals surface area contributed by atoms with Gasteiger partial charge in [-0.15, -0.1) is 0 Å². The molecule has 4 nitrogen and oxygen atoms in total. The molecule has 1 aromatic heterocycles. The van der Waals surface area contributed by atoms with Gasteiger partial charge in [0.1, 0.15) is 0 Å². The van der Waals surface area contributed by atoms with E-state index in [1.165, 1.54) is 0 Å². The second-order valence-corrected chi connectivity index (χ2v) is 5.60. The smallest absolute Gasteiger partial charge is 0.252 e. The molecule has 0 aliphatic carbocycles. The summed E-state index contributed by atoms with van der Waals surface area (Å²) in [7, 11) is 0. The summed E-state index contributed by atoms with van der Waals surface area (Å²) in [5.74, 6) is -0.0248. The number of amides is 1. The first kappa shape index (κ1) is 14.8. The fourth-order valence-electron chi connectivity index (χ4n) is 1.95. The number of rotatable bonds is 6. The number of nitrogens with zero attached hydrogens (tertiary/aromatic N) is 2. The summed E-state index contributed by atoms with van der Waals surface area (Å²) in [6, 6.07) is 5.78. The number of aromatic nitrogens is 2. The molecule has 2 rings (SSSR count). The van der Waals surface area contributed by atoms with Crippen LogP contribution in [0.15, 0.2) is 41.4 Å². The minimum absolute atomic E-state index is 0.0248. The normalized spacial score (nSPS) is 10.5. The van der Waals surface area contributed by atoms with Crippen molar-refractivity contribution in [3.05, 3.63) is 52.5 Å². The third-order valence-electron chi connectivity index (χ3n) is 3.05. The molecule has 0 saturated heterocycles. The predicted octanol–water partition coefficient (Wildman–Crippen LogP) is 3.16. The molecule has 0 aliphatic rings. The first-order valence-electron chi connectivity index (χ1n) is 6.67. The van der Waals surface area contributed by atoms with Crippen LogP contribution in [0, 0.1) is 6.92 Å². The summed E-state index contributed by atoms with van der Waals surface area (Å²) in [4.78, 5) is 16.0. The highest BCUT2D eigenvalue weighted by atomic mass is 79.9. The van der Waals surface area contributed by atoms with E-state index >= 15 is 0 Å². The van der Waals surface area contributed by atoms with Crippen molar-refractivity contribution in [1.82, 2.24) is 14.9 Å². The number of hydrogen-bond donors (Lipinski definition) is 1. The van der Waals surface area contributed by atoms with E-state index in [0.29, 0.717) is 12.1 Å². The number of nitrogens with one attached hydrogen (secondary N) is 1. The van der Waals surface area contributed by atoms with Crippen molar-refractivity contribution in [2.45, 2.75) is 26.3 Å². The Hall–Kier alpha value is -1.62. The molecule has 0 unspecified atom stereocenters. The minimum atomic E-state index is -0.0248. The van der Waals surface area contributed by atoms with Crippen LogP contribution in [0.5, 0.6) is 0 Å². The quantitative estimate of drug-likeness (QED) is 0.824. The van der Waals surface area contributed by atoms with Gasteiger partial charge in [-0.3, -0.25) is 4.79 Å². The van der Waals surface area contributed by atoms with E-state index in [1.807, 2.05) is 42.2 Å². The van der Waals surface area contributed by atoms with Gasteiger partial charge in [-0.2, -0.15) is 0 Å². The van der Waals surface area contributed by atoms with Gasteiger partial charge in [-0.25, -0.2) is 4.98 Å². The molecule has 0 bridgehead atoms. The number of imidazole rings is 1. The number of benzene rings is 1. The van der Waals surface area contributed by atoms with E-state index in [0.717, 1.165) is 29.4 Å². The van der Waals surface area contributed by atoms with Crippen molar-refractivity contribution in [2.75, 3.05) is 6.54 Å². The predicted molar refractivity (Wildman–Crippen MR) is 82.7 cm³/mol. The molecule has 106 valence electrons. The molecule has 0 radical (unpaired) electrons. The highest BCUT2D eigenvalue weighted by Gasteiger charge is 2.09. The van der Waals surface area contributed by atoms with Crippen LogP contribution < -0.4 is 5.32 Å². The summed E-state index contributed by atoms with van der Waals surface area (Å²) in [6.07, 6.45) is 7.50. The molecule has 0 fully saturated rings. The zero-order chi connectivity index (χ0) is 14.4. The van der Waals surface area contributed by atoms with Crippen molar-refractivity contribution in [3.8, 4) is 0 Å². The van der Waals surface area contributed by atoms with E-state index in [2.05, 4.69) is 26.2 Å². The van der Waals surface area contributed by atoms with E-state index < -0.39 is 0 Å². The number of carbonyl (C=O) groups excluding carboxylic acids is 1. The third-order valence-corrected chi connectivity index (χ3v) is 3.75. The Morgan fingerprint density at radius 2 is 2.25 bits per heavy atom. The van der Waals surface area contributed by atoms with Gasteiger partial charge in [-0.05, 0) is 47.8 Å². The SMILES string of the molecule is Cc1ccc(Br)c(C(=O)NCCCCn2ccnc2)c1. The monoisotopic (exact) mass is 335 g/mol. The Morgan fingerprint density at radius 1 is 1.40 bits per heavy atom. The molecule has 1 amide bonds. The van der Waals surface area contributed by atoms with Crippen molar-refractivity contribution < 1.29 is 4.79 Å². The van der Waals surface area contributed by atoms with Crippen LogP contribution in [0.3, 0.4) is 0 Å². The first-order chi connectivity index (χ1) is 9.66. The summed E-state index contributed by atoms with van der Waals surface area (Å²) >= 11 is 3.41. The molecule has 0 saturated carbocycles. The van der Waals surface area contributed by atoms with E-state index in [9.17, 15) is 4.79 Å². The average Bonchev–Trinajstić information content (AvgIpc) is 2.94. The lowest BCUT2D eigenvalue weighted by atomic mass is 10.1. The zero-order valence-electron chi connectivity index (χ0n) is 11.5. The fraction of sp³-hybridized carbons (Fsp3) is 0.333. The molecule has 1 heterocycles. The van der Waals surface area contributed by atoms with E-state index in [-0.39, 0.29) is 5.91 Å². The topological polar surface area (TPSA) is 46.9 Å². The lowest BCUT2D eigenvalue weighted by Gasteiger charge is -2.08. The highest BCUT2D eigenvalue weighted by Crippen LogP contribution is 2.17. The Labute approximate surface area is 127 Å². The first-order valence-corrected chi connectivity index (χ1v) is 7.46. The second-order valence-electron chi connectivity index (χ2n) is 4.75. The molecule has 1 N–H and O–H groups in total. The van der Waals surface area contributed by atoms with E-state index in [1.54, 1.807) is 6.20 Å².